The van der Waals surface area contributed by atoms with E-state index in [-0.39, 0.29) is 43.2 Å². The fraction of sp³-hybridized carbons (Fsp3) is 0.543. The van der Waals surface area contributed by atoms with Crippen molar-refractivity contribution in [1.82, 2.24) is 31.2 Å². The number of aryl methyl sites for hydroxylation is 1. The van der Waals surface area contributed by atoms with Gasteiger partial charge in [-0.25, -0.2) is 0 Å². The van der Waals surface area contributed by atoms with E-state index in [1.165, 1.54) is 14.0 Å². The van der Waals surface area contributed by atoms with Gasteiger partial charge in [0.25, 0.3) is 11.8 Å². The summed E-state index contributed by atoms with van der Waals surface area (Å²) < 4.78 is 11.2. The Labute approximate surface area is 287 Å². The third kappa shape index (κ3) is 13.0. The second-order valence-corrected chi connectivity index (χ2v) is 12.5. The lowest BCUT2D eigenvalue weighted by Crippen LogP contribution is -2.57. The fourth-order valence-corrected chi connectivity index (χ4v) is 5.28. The zero-order valence-corrected chi connectivity index (χ0v) is 28.8. The summed E-state index contributed by atoms with van der Waals surface area (Å²) in [4.78, 5) is 70.9. The van der Waals surface area contributed by atoms with E-state index in [1.54, 1.807) is 47.5 Å². The highest BCUT2D eigenvalue weighted by Crippen LogP contribution is 2.28. The molecule has 1 aromatic heterocycles. The minimum atomic E-state index is -1.23. The van der Waals surface area contributed by atoms with Crippen LogP contribution in [0.15, 0.2) is 42.6 Å². The summed E-state index contributed by atoms with van der Waals surface area (Å²) in [5.74, 6) is -1.25. The summed E-state index contributed by atoms with van der Waals surface area (Å²) in [6.45, 7) is 6.30. The molecule has 1 aromatic carbocycles. The maximum absolute atomic E-state index is 13.3. The molecule has 0 spiro atoms. The largest absolute Gasteiger partial charge is 0.493 e. The average molecular weight is 683 g/mol. The molecular weight excluding hydrogens is 632 g/mol. The third-order valence-electron chi connectivity index (χ3n) is 7.90. The molecule has 2 aliphatic heterocycles. The number of hydrogen-bond donors (Lipinski definition) is 5. The number of fused-ring (bicyclic) bond motifs is 23. The maximum Gasteiger partial charge on any atom is 0.272 e. The summed E-state index contributed by atoms with van der Waals surface area (Å²) in [5.41, 5.74) is 1.08. The number of aliphatic hydroxyl groups excluding tert-OH is 1. The normalized spacial score (nSPS) is 20.3. The van der Waals surface area contributed by atoms with E-state index in [9.17, 15) is 29.1 Å². The van der Waals surface area contributed by atoms with Crippen molar-refractivity contribution in [3.8, 4) is 11.5 Å². The molecule has 2 aromatic rings. The molecule has 4 rings (SSSR count). The number of carbonyl (C=O) groups excluding carboxylic acids is 5. The van der Waals surface area contributed by atoms with E-state index in [1.807, 2.05) is 13.8 Å². The summed E-state index contributed by atoms with van der Waals surface area (Å²) in [5, 5.41) is 21.4. The van der Waals surface area contributed by atoms with Gasteiger partial charge in [-0.15, -0.1) is 0 Å². The van der Waals surface area contributed by atoms with Crippen LogP contribution < -0.4 is 30.7 Å². The van der Waals surface area contributed by atoms with Crippen molar-refractivity contribution < 1.29 is 38.6 Å². The van der Waals surface area contributed by atoms with Gasteiger partial charge in [0, 0.05) is 38.8 Å². The zero-order valence-electron chi connectivity index (χ0n) is 28.8. The van der Waals surface area contributed by atoms with Crippen LogP contribution >= 0.6 is 0 Å². The van der Waals surface area contributed by atoms with Gasteiger partial charge < -0.3 is 40.7 Å². The molecule has 268 valence electrons. The van der Waals surface area contributed by atoms with E-state index in [4.69, 9.17) is 9.47 Å². The second-order valence-electron chi connectivity index (χ2n) is 12.5. The van der Waals surface area contributed by atoms with Crippen molar-refractivity contribution >= 4 is 29.5 Å². The smallest absolute Gasteiger partial charge is 0.272 e. The summed E-state index contributed by atoms with van der Waals surface area (Å²) in [7, 11) is 1.48. The third-order valence-corrected chi connectivity index (χ3v) is 7.90. The van der Waals surface area contributed by atoms with Crippen LogP contribution in [0, 0.1) is 5.92 Å². The number of carbonyl (C=O) groups is 5. The first kappa shape index (κ1) is 38.7. The minimum Gasteiger partial charge on any atom is -0.493 e. The highest BCUT2D eigenvalue weighted by molar-refractivity contribution is 5.93. The molecule has 5 amide bonds. The van der Waals surface area contributed by atoms with Gasteiger partial charge in [0.05, 0.1) is 13.2 Å². The molecule has 0 saturated carbocycles. The van der Waals surface area contributed by atoms with Crippen LogP contribution in [0.5, 0.6) is 11.5 Å². The molecule has 3 atom stereocenters. The number of aliphatic hydroxyl groups is 1. The van der Waals surface area contributed by atoms with Crippen molar-refractivity contribution in [1.29, 1.82) is 0 Å². The highest BCUT2D eigenvalue weighted by atomic mass is 16.5. The molecule has 49 heavy (non-hydrogen) atoms. The topological polar surface area (TPSA) is 188 Å². The predicted octanol–water partition coefficient (Wildman–Crippen LogP) is 1.36. The van der Waals surface area contributed by atoms with Crippen LogP contribution in [0.25, 0.3) is 0 Å². The van der Waals surface area contributed by atoms with Crippen molar-refractivity contribution in [2.24, 2.45) is 5.92 Å². The number of amides is 5. The van der Waals surface area contributed by atoms with Crippen LogP contribution in [-0.2, 0) is 25.6 Å². The Morgan fingerprint density at radius 1 is 0.959 bits per heavy atom. The number of methoxy groups -OCH3 is 1. The zero-order chi connectivity index (χ0) is 35.8. The van der Waals surface area contributed by atoms with E-state index in [2.05, 4.69) is 26.3 Å². The molecule has 14 nitrogen and oxygen atoms in total. The van der Waals surface area contributed by atoms with Gasteiger partial charge in [-0.2, -0.15) is 0 Å². The first-order valence-corrected chi connectivity index (χ1v) is 16.8. The Morgan fingerprint density at radius 3 is 2.41 bits per heavy atom. The Bertz CT molecular complexity index is 1400. The summed E-state index contributed by atoms with van der Waals surface area (Å²) in [6.07, 6.45) is 2.66. The van der Waals surface area contributed by atoms with E-state index < -0.39 is 30.0 Å². The van der Waals surface area contributed by atoms with E-state index in [0.717, 1.165) is 5.56 Å². The monoisotopic (exact) mass is 682 g/mol. The quantitative estimate of drug-likeness (QED) is 0.290. The van der Waals surface area contributed by atoms with Crippen molar-refractivity contribution in [3.63, 3.8) is 0 Å². The Kier molecular flexibility index (Phi) is 15.8. The van der Waals surface area contributed by atoms with Crippen LogP contribution in [0.4, 0.5) is 0 Å². The van der Waals surface area contributed by atoms with Crippen molar-refractivity contribution in [2.75, 3.05) is 39.9 Å². The second kappa shape index (κ2) is 19.9. The number of aromatic nitrogens is 1. The first-order chi connectivity index (χ1) is 23.5. The molecule has 2 bridgehead atoms. The number of pyridine rings is 1. The van der Waals surface area contributed by atoms with E-state index >= 15 is 0 Å². The number of benzene rings is 1. The molecule has 14 heteroatoms. The molecule has 3 heterocycles. The number of rotatable bonds is 5. The van der Waals surface area contributed by atoms with Crippen LogP contribution in [0.1, 0.15) is 68.9 Å². The summed E-state index contributed by atoms with van der Waals surface area (Å²) >= 11 is 0. The number of ether oxygens (including phenoxy) is 2. The molecule has 0 saturated heterocycles. The Hall–Kier alpha value is -4.72. The predicted molar refractivity (Wildman–Crippen MR) is 182 cm³/mol. The van der Waals surface area contributed by atoms with Crippen LogP contribution in [0.2, 0.25) is 0 Å². The van der Waals surface area contributed by atoms with Crippen molar-refractivity contribution in [3.05, 3.63) is 53.9 Å². The molecule has 2 aliphatic rings. The highest BCUT2D eigenvalue weighted by Gasteiger charge is 2.30. The van der Waals surface area contributed by atoms with Gasteiger partial charge in [-0.05, 0) is 74.8 Å². The van der Waals surface area contributed by atoms with Crippen molar-refractivity contribution in [2.45, 2.75) is 77.5 Å². The van der Waals surface area contributed by atoms with Gasteiger partial charge in [0.15, 0.2) is 18.1 Å². The molecular formula is C35H50N6O8. The van der Waals surface area contributed by atoms with Gasteiger partial charge in [-0.1, -0.05) is 26.0 Å². The maximum atomic E-state index is 13.3. The Balaban J connectivity index is 1.78. The van der Waals surface area contributed by atoms with Gasteiger partial charge in [-0.3, -0.25) is 29.0 Å². The molecule has 5 N–H and O–H groups in total. The Morgan fingerprint density at radius 2 is 1.71 bits per heavy atom. The van der Waals surface area contributed by atoms with Crippen LogP contribution in [0.3, 0.4) is 0 Å². The van der Waals surface area contributed by atoms with Gasteiger partial charge in [0.1, 0.15) is 17.8 Å². The number of hydrogen-bond acceptors (Lipinski definition) is 9. The first-order valence-electron chi connectivity index (χ1n) is 16.8. The van der Waals surface area contributed by atoms with Crippen LogP contribution in [-0.4, -0.2) is 103 Å². The lowest BCUT2D eigenvalue weighted by Gasteiger charge is -2.26. The minimum absolute atomic E-state index is 0.0539. The molecule has 0 unspecified atom stereocenters. The fourth-order valence-electron chi connectivity index (χ4n) is 5.28. The van der Waals surface area contributed by atoms with Gasteiger partial charge in [0.2, 0.25) is 17.7 Å². The molecule has 0 radical (unpaired) electrons. The number of nitrogens with zero attached hydrogens (tertiary/aromatic N) is 2. The van der Waals surface area contributed by atoms with E-state index in [0.29, 0.717) is 68.9 Å². The summed E-state index contributed by atoms with van der Waals surface area (Å²) in [6, 6.07) is 8.11. The number of nitrogens with one attached hydrogen (secondary N) is 4. The lowest BCUT2D eigenvalue weighted by molar-refractivity contribution is -0.134. The molecule has 0 aliphatic carbocycles. The SMILES string of the molecule is COc1cc2ccc1OCC(=O)NCCCN(C(=O)c1ccccn1)CCCCNC(=O)[C@H]([C@@H](C)O)NC(=O)[C@@H](CC(C)C)NC(=O)CC2. The average Bonchev–Trinajstić information content (AvgIpc) is 3.08. The lowest BCUT2D eigenvalue weighted by atomic mass is 10.0. The standard InChI is InChI=1S/C35H50N6O8/c1-23(2)20-27-33(45)40-32(24(3)42)34(46)38-16-7-8-18-41(35(47)26-10-5-6-15-36-26)19-9-17-37-31(44)22-49-28-13-11-25(21-29(28)48-4)12-14-30(43)39-27/h5-6,10-11,13,15,21,23-24,27,32,42H,7-9,12,14,16-20,22H2,1-4H3,(H,37,44)(H,38,46)(H,39,43)(H,40,45)/t24-,27-,32+/m1/s1. The molecule has 0 fully saturated rings. The van der Waals surface area contributed by atoms with Gasteiger partial charge >= 0.3 is 0 Å².